The molecule has 10 heteroatoms. The Morgan fingerprint density at radius 1 is 1.13 bits per heavy atom. The van der Waals surface area contributed by atoms with Gasteiger partial charge in [-0.2, -0.15) is 18.3 Å². The zero-order valence-corrected chi connectivity index (χ0v) is 22.7. The Morgan fingerprint density at radius 2 is 1.82 bits per heavy atom. The number of hydrogen-bond acceptors (Lipinski definition) is 3. The summed E-state index contributed by atoms with van der Waals surface area (Å²) in [7, 11) is 0. The zero-order valence-electron chi connectivity index (χ0n) is 22.0. The summed E-state index contributed by atoms with van der Waals surface area (Å²) in [5.74, 6) is 0.185. The summed E-state index contributed by atoms with van der Waals surface area (Å²) in [5, 5.41) is 7.78. The lowest BCUT2D eigenvalue weighted by Gasteiger charge is -2.30. The Bertz CT molecular complexity index is 1300. The van der Waals surface area contributed by atoms with E-state index >= 15 is 0 Å². The number of aromatic nitrogens is 2. The summed E-state index contributed by atoms with van der Waals surface area (Å²) < 4.78 is 41.9. The summed E-state index contributed by atoms with van der Waals surface area (Å²) in [6, 6.07) is 11.2. The molecule has 2 heterocycles. The van der Waals surface area contributed by atoms with Gasteiger partial charge >= 0.3 is 6.18 Å². The third kappa shape index (κ3) is 7.20. The van der Waals surface area contributed by atoms with Crippen molar-refractivity contribution >= 4 is 23.4 Å². The van der Waals surface area contributed by atoms with Crippen molar-refractivity contribution in [3.8, 4) is 5.69 Å². The summed E-state index contributed by atoms with van der Waals surface area (Å²) in [6.07, 6.45) is -0.128. The van der Waals surface area contributed by atoms with E-state index in [0.717, 1.165) is 43.8 Å². The first-order valence-electron chi connectivity index (χ1n) is 13.1. The summed E-state index contributed by atoms with van der Waals surface area (Å²) in [6.45, 7) is 5.37. The SMILES string of the molecule is Cc1c(C(=O)NC(CCCC(=O)N2CCC(C)CC2)c2cccc(C(F)(F)F)c2)cnn1-c1ccc(Cl)cc1. The summed E-state index contributed by atoms with van der Waals surface area (Å²) in [5.41, 5.74) is 1.15. The van der Waals surface area contributed by atoms with Gasteiger partial charge in [0.2, 0.25) is 5.91 Å². The molecular formula is C29H32ClF3N4O2. The zero-order chi connectivity index (χ0) is 28.2. The van der Waals surface area contributed by atoms with Crippen LogP contribution in [0.5, 0.6) is 0 Å². The maximum absolute atomic E-state index is 13.4. The van der Waals surface area contributed by atoms with Crippen LogP contribution in [-0.2, 0) is 11.0 Å². The minimum absolute atomic E-state index is 0.0381. The second-order valence-electron chi connectivity index (χ2n) is 10.1. The van der Waals surface area contributed by atoms with Crippen LogP contribution in [0.25, 0.3) is 5.69 Å². The van der Waals surface area contributed by atoms with E-state index in [0.29, 0.717) is 40.6 Å². The van der Waals surface area contributed by atoms with Crippen LogP contribution in [0.15, 0.2) is 54.7 Å². The van der Waals surface area contributed by atoms with Gasteiger partial charge in [-0.25, -0.2) is 4.68 Å². The van der Waals surface area contributed by atoms with E-state index in [1.54, 1.807) is 41.9 Å². The number of carbonyl (C=O) groups is 2. The van der Waals surface area contributed by atoms with Gasteiger partial charge in [-0.3, -0.25) is 9.59 Å². The number of rotatable bonds is 8. The highest BCUT2D eigenvalue weighted by atomic mass is 35.5. The van der Waals surface area contributed by atoms with Crippen molar-refractivity contribution in [3.05, 3.63) is 82.1 Å². The molecule has 1 saturated heterocycles. The fourth-order valence-electron chi connectivity index (χ4n) is 4.84. The second-order valence-corrected chi connectivity index (χ2v) is 10.6. The Morgan fingerprint density at radius 3 is 2.49 bits per heavy atom. The lowest BCUT2D eigenvalue weighted by Crippen LogP contribution is -2.37. The molecule has 1 unspecified atom stereocenters. The van der Waals surface area contributed by atoms with E-state index in [1.807, 2.05) is 4.90 Å². The fourth-order valence-corrected chi connectivity index (χ4v) is 4.96. The van der Waals surface area contributed by atoms with E-state index in [2.05, 4.69) is 17.3 Å². The van der Waals surface area contributed by atoms with E-state index in [9.17, 15) is 22.8 Å². The molecule has 0 radical (unpaired) electrons. The van der Waals surface area contributed by atoms with E-state index in [1.165, 1.54) is 12.3 Å². The van der Waals surface area contributed by atoms with Crippen molar-refractivity contribution in [2.75, 3.05) is 13.1 Å². The van der Waals surface area contributed by atoms with Crippen molar-refractivity contribution in [2.24, 2.45) is 5.92 Å². The molecular weight excluding hydrogens is 529 g/mol. The fraction of sp³-hybridized carbons (Fsp3) is 0.414. The van der Waals surface area contributed by atoms with Gasteiger partial charge in [0, 0.05) is 24.5 Å². The first-order valence-corrected chi connectivity index (χ1v) is 13.5. The molecule has 4 rings (SSSR count). The van der Waals surface area contributed by atoms with Gasteiger partial charge in [0.25, 0.3) is 5.91 Å². The number of nitrogens with zero attached hydrogens (tertiary/aromatic N) is 3. The van der Waals surface area contributed by atoms with Crippen LogP contribution < -0.4 is 5.32 Å². The van der Waals surface area contributed by atoms with Gasteiger partial charge in [0.15, 0.2) is 0 Å². The van der Waals surface area contributed by atoms with Gasteiger partial charge in [-0.05, 0) is 80.5 Å². The van der Waals surface area contributed by atoms with Crippen LogP contribution in [0.4, 0.5) is 13.2 Å². The van der Waals surface area contributed by atoms with E-state index in [-0.39, 0.29) is 12.3 Å². The van der Waals surface area contributed by atoms with E-state index < -0.39 is 23.7 Å². The molecule has 2 aromatic carbocycles. The van der Waals surface area contributed by atoms with Crippen LogP contribution >= 0.6 is 11.6 Å². The Balaban J connectivity index is 1.51. The molecule has 1 aliphatic rings. The number of likely N-dealkylation sites (tertiary alicyclic amines) is 1. The minimum atomic E-state index is -4.51. The first kappa shape index (κ1) is 28.7. The molecule has 208 valence electrons. The van der Waals surface area contributed by atoms with Gasteiger partial charge in [-0.1, -0.05) is 30.7 Å². The van der Waals surface area contributed by atoms with Crippen molar-refractivity contribution in [2.45, 2.75) is 58.2 Å². The number of nitrogens with one attached hydrogen (secondary N) is 1. The molecule has 1 aliphatic heterocycles. The van der Waals surface area contributed by atoms with Crippen LogP contribution in [0, 0.1) is 12.8 Å². The molecule has 3 aromatic rings. The molecule has 1 N–H and O–H groups in total. The monoisotopic (exact) mass is 560 g/mol. The third-order valence-electron chi connectivity index (χ3n) is 7.27. The maximum Gasteiger partial charge on any atom is 0.416 e. The Labute approximate surface area is 231 Å². The lowest BCUT2D eigenvalue weighted by molar-refractivity contribution is -0.137. The molecule has 1 fully saturated rings. The molecule has 39 heavy (non-hydrogen) atoms. The number of halogens is 4. The number of piperidine rings is 1. The maximum atomic E-state index is 13.4. The smallest absolute Gasteiger partial charge is 0.345 e. The van der Waals surface area contributed by atoms with Gasteiger partial charge in [0.05, 0.1) is 34.7 Å². The Hall–Kier alpha value is -3.33. The van der Waals surface area contributed by atoms with E-state index in [4.69, 9.17) is 11.6 Å². The van der Waals surface area contributed by atoms with Crippen LogP contribution in [-0.4, -0.2) is 39.6 Å². The molecule has 6 nitrogen and oxygen atoms in total. The lowest BCUT2D eigenvalue weighted by atomic mass is 9.97. The molecule has 2 amide bonds. The highest BCUT2D eigenvalue weighted by Crippen LogP contribution is 2.32. The number of amides is 2. The highest BCUT2D eigenvalue weighted by molar-refractivity contribution is 6.30. The topological polar surface area (TPSA) is 67.2 Å². The van der Waals surface area contributed by atoms with Gasteiger partial charge < -0.3 is 10.2 Å². The highest BCUT2D eigenvalue weighted by Gasteiger charge is 2.31. The van der Waals surface area contributed by atoms with Crippen molar-refractivity contribution in [1.82, 2.24) is 20.0 Å². The predicted molar refractivity (Wildman–Crippen MR) is 144 cm³/mol. The van der Waals surface area contributed by atoms with Crippen molar-refractivity contribution in [3.63, 3.8) is 0 Å². The number of benzene rings is 2. The van der Waals surface area contributed by atoms with Gasteiger partial charge in [-0.15, -0.1) is 0 Å². The third-order valence-corrected chi connectivity index (χ3v) is 7.52. The van der Waals surface area contributed by atoms with Crippen LogP contribution in [0.2, 0.25) is 5.02 Å². The summed E-state index contributed by atoms with van der Waals surface area (Å²) >= 11 is 5.97. The quantitative estimate of drug-likeness (QED) is 0.331. The average molecular weight is 561 g/mol. The number of alkyl halides is 3. The molecule has 0 aliphatic carbocycles. The average Bonchev–Trinajstić information content (AvgIpc) is 3.29. The second kappa shape index (κ2) is 12.2. The summed E-state index contributed by atoms with van der Waals surface area (Å²) in [4.78, 5) is 27.9. The molecule has 0 bridgehead atoms. The molecule has 0 spiro atoms. The largest absolute Gasteiger partial charge is 0.416 e. The van der Waals surface area contributed by atoms with Crippen molar-refractivity contribution in [1.29, 1.82) is 0 Å². The van der Waals surface area contributed by atoms with Crippen molar-refractivity contribution < 1.29 is 22.8 Å². The molecule has 1 aromatic heterocycles. The number of hydrogen-bond donors (Lipinski definition) is 1. The predicted octanol–water partition coefficient (Wildman–Crippen LogP) is 6.75. The van der Waals surface area contributed by atoms with Crippen LogP contribution in [0.3, 0.4) is 0 Å². The normalized spacial score (nSPS) is 15.3. The Kier molecular flexibility index (Phi) is 9.00. The minimum Gasteiger partial charge on any atom is -0.345 e. The first-order chi connectivity index (χ1) is 18.5. The number of carbonyl (C=O) groups excluding carboxylic acids is 2. The van der Waals surface area contributed by atoms with Gasteiger partial charge in [0.1, 0.15) is 0 Å². The molecule has 1 atom stereocenters. The standard InChI is InChI=1S/C29H32ClF3N4O2/c1-19-13-15-36(16-14-19)27(38)8-4-7-26(21-5-3-6-22(17-21)29(31,32)33)35-28(39)25-18-34-37(20(25)2)24-11-9-23(30)10-12-24/h3,5-6,9-12,17-19,26H,4,7-8,13-16H2,1-2H3,(H,35,39). The molecule has 0 saturated carbocycles. The van der Waals surface area contributed by atoms with Crippen LogP contribution in [0.1, 0.15) is 72.2 Å².